The molecule has 0 atom stereocenters. The molecule has 0 aliphatic rings. The third-order valence-electron chi connectivity index (χ3n) is 3.39. The van der Waals surface area contributed by atoms with E-state index in [4.69, 9.17) is 16.3 Å². The lowest BCUT2D eigenvalue weighted by Gasteiger charge is -2.09. The average molecular weight is 391 g/mol. The molecule has 0 aliphatic carbocycles. The zero-order valence-electron chi connectivity index (χ0n) is 13.7. The number of hydrogen-bond donors (Lipinski definition) is 2. The molecule has 0 amide bonds. The Morgan fingerprint density at radius 1 is 0.885 bits per heavy atom. The second-order valence-corrected chi connectivity index (χ2v) is 7.34. The van der Waals surface area contributed by atoms with E-state index in [1.54, 1.807) is 42.5 Å². The van der Waals surface area contributed by atoms with Gasteiger partial charge in [-0.2, -0.15) is 0 Å². The van der Waals surface area contributed by atoms with Crippen LogP contribution in [0.1, 0.15) is 0 Å². The number of ether oxygens (including phenoxy) is 1. The minimum Gasteiger partial charge on any atom is -0.497 e. The van der Waals surface area contributed by atoms with Gasteiger partial charge in [0.05, 0.1) is 12.0 Å². The number of sulfonamides is 1. The summed E-state index contributed by atoms with van der Waals surface area (Å²) in [7, 11) is -2.25. The zero-order valence-corrected chi connectivity index (χ0v) is 15.3. The number of anilines is 3. The summed E-state index contributed by atoms with van der Waals surface area (Å²) in [6.07, 6.45) is 0. The minimum atomic E-state index is -3.76. The fourth-order valence-corrected chi connectivity index (χ4v) is 3.21. The Kier molecular flexibility index (Phi) is 5.24. The van der Waals surface area contributed by atoms with Crippen molar-refractivity contribution in [3.05, 3.63) is 65.7 Å². The lowest BCUT2D eigenvalue weighted by molar-refractivity contribution is 0.414. The van der Waals surface area contributed by atoms with Crippen LogP contribution >= 0.6 is 11.6 Å². The monoisotopic (exact) mass is 390 g/mol. The van der Waals surface area contributed by atoms with Gasteiger partial charge in [0.1, 0.15) is 5.75 Å². The maximum atomic E-state index is 12.4. The molecule has 0 radical (unpaired) electrons. The van der Waals surface area contributed by atoms with Crippen LogP contribution in [0.4, 0.5) is 17.3 Å². The van der Waals surface area contributed by atoms with Gasteiger partial charge in [-0.05, 0) is 60.7 Å². The fraction of sp³-hybridized carbons (Fsp3) is 0.0588. The van der Waals surface area contributed by atoms with Crippen molar-refractivity contribution in [3.63, 3.8) is 0 Å². The highest BCUT2D eigenvalue weighted by Crippen LogP contribution is 2.20. The van der Waals surface area contributed by atoms with E-state index in [2.05, 4.69) is 20.2 Å². The predicted molar refractivity (Wildman–Crippen MR) is 101 cm³/mol. The van der Waals surface area contributed by atoms with E-state index in [0.29, 0.717) is 16.6 Å². The van der Waals surface area contributed by atoms with E-state index < -0.39 is 10.0 Å². The summed E-state index contributed by atoms with van der Waals surface area (Å²) in [5.74, 6) is 1.16. The van der Waals surface area contributed by atoms with Gasteiger partial charge < -0.3 is 10.1 Å². The summed E-state index contributed by atoms with van der Waals surface area (Å²) in [4.78, 5) is 0.100. The van der Waals surface area contributed by atoms with Crippen molar-refractivity contribution < 1.29 is 13.2 Å². The van der Waals surface area contributed by atoms with Crippen LogP contribution in [0.25, 0.3) is 0 Å². The Balaban J connectivity index is 1.70. The van der Waals surface area contributed by atoms with E-state index in [9.17, 15) is 8.42 Å². The third-order valence-corrected chi connectivity index (χ3v) is 5.01. The molecule has 0 aliphatic heterocycles. The first-order valence-electron chi connectivity index (χ1n) is 7.49. The smallest absolute Gasteiger partial charge is 0.263 e. The second-order valence-electron chi connectivity index (χ2n) is 5.22. The van der Waals surface area contributed by atoms with Crippen LogP contribution < -0.4 is 14.8 Å². The topological polar surface area (TPSA) is 93.2 Å². The first-order chi connectivity index (χ1) is 12.5. The fourth-order valence-electron chi connectivity index (χ4n) is 2.09. The number of benzene rings is 2. The van der Waals surface area contributed by atoms with Crippen molar-refractivity contribution in [3.8, 4) is 5.75 Å². The summed E-state index contributed by atoms with van der Waals surface area (Å²) in [6.45, 7) is 0. The van der Waals surface area contributed by atoms with E-state index >= 15 is 0 Å². The summed E-state index contributed by atoms with van der Waals surface area (Å²) < 4.78 is 32.1. The Morgan fingerprint density at radius 2 is 1.50 bits per heavy atom. The van der Waals surface area contributed by atoms with Gasteiger partial charge in [-0.1, -0.05) is 11.6 Å². The zero-order chi connectivity index (χ0) is 18.6. The molecule has 1 heterocycles. The molecule has 9 heteroatoms. The molecule has 0 saturated heterocycles. The van der Waals surface area contributed by atoms with E-state index in [1.165, 1.54) is 25.3 Å². The number of halogens is 1. The maximum Gasteiger partial charge on any atom is 0.263 e. The van der Waals surface area contributed by atoms with Gasteiger partial charge in [0.2, 0.25) is 0 Å². The van der Waals surface area contributed by atoms with E-state index in [-0.39, 0.29) is 10.7 Å². The van der Waals surface area contributed by atoms with Crippen LogP contribution in [-0.2, 0) is 10.0 Å². The Morgan fingerprint density at radius 3 is 2.08 bits per heavy atom. The first kappa shape index (κ1) is 18.0. The largest absolute Gasteiger partial charge is 0.497 e. The van der Waals surface area contributed by atoms with E-state index in [0.717, 1.165) is 5.69 Å². The highest BCUT2D eigenvalue weighted by molar-refractivity contribution is 7.92. The number of methoxy groups -OCH3 is 1. The van der Waals surface area contributed by atoms with Crippen molar-refractivity contribution in [2.24, 2.45) is 0 Å². The molecule has 2 aromatic carbocycles. The number of rotatable bonds is 6. The lowest BCUT2D eigenvalue weighted by Crippen LogP contribution is -2.14. The normalized spacial score (nSPS) is 11.0. The van der Waals surface area contributed by atoms with Crippen LogP contribution in [0.15, 0.2) is 65.6 Å². The van der Waals surface area contributed by atoms with Gasteiger partial charge in [0.15, 0.2) is 11.6 Å². The van der Waals surface area contributed by atoms with Gasteiger partial charge in [-0.15, -0.1) is 10.2 Å². The van der Waals surface area contributed by atoms with Gasteiger partial charge in [0.25, 0.3) is 10.0 Å². The van der Waals surface area contributed by atoms with Crippen molar-refractivity contribution in [1.29, 1.82) is 0 Å². The van der Waals surface area contributed by atoms with Crippen molar-refractivity contribution in [1.82, 2.24) is 10.2 Å². The van der Waals surface area contributed by atoms with Gasteiger partial charge in [-0.3, -0.25) is 4.72 Å². The molecule has 2 N–H and O–H groups in total. The molecule has 0 saturated carbocycles. The summed E-state index contributed by atoms with van der Waals surface area (Å²) in [5.41, 5.74) is 0.787. The molecule has 134 valence electrons. The number of hydrogen-bond acceptors (Lipinski definition) is 6. The summed E-state index contributed by atoms with van der Waals surface area (Å²) >= 11 is 5.84. The number of nitrogens with one attached hydrogen (secondary N) is 2. The SMILES string of the molecule is COc1ccc(S(=O)(=O)Nc2ccc(Nc3ccc(Cl)cc3)nn2)cc1. The molecule has 0 unspecified atom stereocenters. The number of nitrogens with zero attached hydrogens (tertiary/aromatic N) is 2. The van der Waals surface area contributed by atoms with Gasteiger partial charge in [0, 0.05) is 10.7 Å². The third kappa shape index (κ3) is 4.41. The van der Waals surface area contributed by atoms with Crippen LogP contribution in [0.3, 0.4) is 0 Å². The molecule has 0 fully saturated rings. The molecule has 0 bridgehead atoms. The predicted octanol–water partition coefficient (Wildman–Crippen LogP) is 3.68. The average Bonchev–Trinajstić information content (AvgIpc) is 2.65. The maximum absolute atomic E-state index is 12.4. The van der Waals surface area contributed by atoms with Gasteiger partial charge in [-0.25, -0.2) is 8.42 Å². The standard InChI is InChI=1S/C17H15ClN4O3S/c1-25-14-6-8-15(9-7-14)26(23,24)22-17-11-10-16(20-21-17)19-13-4-2-12(18)3-5-13/h2-11H,1H3,(H,19,20)(H,21,22). The quantitative estimate of drug-likeness (QED) is 0.666. The van der Waals surface area contributed by atoms with Crippen LogP contribution in [0, 0.1) is 0 Å². The van der Waals surface area contributed by atoms with Crippen molar-refractivity contribution >= 4 is 38.9 Å². The molecule has 0 spiro atoms. The van der Waals surface area contributed by atoms with Crippen molar-refractivity contribution in [2.45, 2.75) is 4.90 Å². The molecule has 26 heavy (non-hydrogen) atoms. The number of aromatic nitrogens is 2. The first-order valence-corrected chi connectivity index (χ1v) is 9.35. The summed E-state index contributed by atoms with van der Waals surface area (Å²) in [5, 5.41) is 11.5. The van der Waals surface area contributed by atoms with Crippen LogP contribution in [0.5, 0.6) is 5.75 Å². The van der Waals surface area contributed by atoms with Crippen molar-refractivity contribution in [2.75, 3.05) is 17.1 Å². The van der Waals surface area contributed by atoms with Gasteiger partial charge >= 0.3 is 0 Å². The highest BCUT2D eigenvalue weighted by Gasteiger charge is 2.15. The minimum absolute atomic E-state index is 0.100. The second kappa shape index (κ2) is 7.59. The van der Waals surface area contributed by atoms with Crippen LogP contribution in [-0.4, -0.2) is 25.7 Å². The molecular formula is C17H15ClN4O3S. The molecule has 1 aromatic heterocycles. The molecule has 7 nitrogen and oxygen atoms in total. The summed E-state index contributed by atoms with van der Waals surface area (Å²) in [6, 6.07) is 16.3. The highest BCUT2D eigenvalue weighted by atomic mass is 35.5. The Hall–Kier alpha value is -2.84. The molecule has 3 rings (SSSR count). The molecular weight excluding hydrogens is 376 g/mol. The molecule has 3 aromatic rings. The Bertz CT molecular complexity index is 976. The van der Waals surface area contributed by atoms with E-state index in [1.807, 2.05) is 0 Å². The van der Waals surface area contributed by atoms with Crippen LogP contribution in [0.2, 0.25) is 5.02 Å². The Labute approximate surface area is 156 Å². The lowest BCUT2D eigenvalue weighted by atomic mass is 10.3.